The van der Waals surface area contributed by atoms with Crippen LogP contribution in [0.2, 0.25) is 0 Å². The fraction of sp³-hybridized carbons (Fsp3) is 0.478. The van der Waals surface area contributed by atoms with E-state index < -0.39 is 23.0 Å². The van der Waals surface area contributed by atoms with Crippen LogP contribution in [0.5, 0.6) is 0 Å². The van der Waals surface area contributed by atoms with E-state index in [0.29, 0.717) is 12.8 Å². The third-order valence-electron chi connectivity index (χ3n) is 6.11. The molecular formula is C23H26O4. The van der Waals surface area contributed by atoms with Gasteiger partial charge in [-0.15, -0.1) is 0 Å². The highest BCUT2D eigenvalue weighted by Crippen LogP contribution is 2.50. The van der Waals surface area contributed by atoms with Crippen LogP contribution in [0, 0.1) is 23.7 Å². The molecule has 1 saturated carbocycles. The number of carbonyl (C=O) groups excluding carboxylic acids is 2. The lowest BCUT2D eigenvalue weighted by Crippen LogP contribution is -2.42. The van der Waals surface area contributed by atoms with E-state index >= 15 is 0 Å². The molecule has 0 aromatic rings. The number of hydrogen-bond acceptors (Lipinski definition) is 4. The number of carbonyl (C=O) groups is 2. The van der Waals surface area contributed by atoms with E-state index in [-0.39, 0.29) is 23.8 Å². The third kappa shape index (κ3) is 3.45. The topological polar surface area (TPSA) is 52.6 Å². The summed E-state index contributed by atoms with van der Waals surface area (Å²) < 4.78 is 11.7. The largest absolute Gasteiger partial charge is 0.455 e. The normalized spacial score (nSPS) is 41.1. The van der Waals surface area contributed by atoms with Crippen molar-refractivity contribution in [3.63, 3.8) is 0 Å². The van der Waals surface area contributed by atoms with Crippen molar-refractivity contribution < 1.29 is 19.1 Å². The number of esters is 2. The van der Waals surface area contributed by atoms with E-state index in [9.17, 15) is 9.59 Å². The number of fused-ring (bicyclic) bond motifs is 2. The van der Waals surface area contributed by atoms with E-state index in [0.717, 1.165) is 6.42 Å². The van der Waals surface area contributed by atoms with Crippen LogP contribution >= 0.6 is 0 Å². The van der Waals surface area contributed by atoms with Crippen molar-refractivity contribution in [1.82, 2.24) is 0 Å². The van der Waals surface area contributed by atoms with Gasteiger partial charge < -0.3 is 9.47 Å². The quantitative estimate of drug-likeness (QED) is 0.556. The fourth-order valence-electron chi connectivity index (χ4n) is 4.63. The Kier molecular flexibility index (Phi) is 4.45. The Morgan fingerprint density at radius 1 is 0.778 bits per heavy atom. The van der Waals surface area contributed by atoms with Crippen molar-refractivity contribution in [3.8, 4) is 0 Å². The predicted octanol–water partition coefficient (Wildman–Crippen LogP) is 4.06. The second kappa shape index (κ2) is 6.66. The number of allylic oxidation sites excluding steroid dienone is 6. The highest BCUT2D eigenvalue weighted by molar-refractivity contribution is 5.85. The molecule has 1 fully saturated rings. The summed E-state index contributed by atoms with van der Waals surface area (Å²) >= 11 is 0. The van der Waals surface area contributed by atoms with Gasteiger partial charge in [-0.05, 0) is 44.3 Å². The van der Waals surface area contributed by atoms with E-state index in [1.54, 1.807) is 0 Å². The Labute approximate surface area is 160 Å². The summed E-state index contributed by atoms with van der Waals surface area (Å²) in [5.41, 5.74) is -1.29. The van der Waals surface area contributed by atoms with Crippen LogP contribution in [-0.2, 0) is 19.1 Å². The molecule has 4 nitrogen and oxygen atoms in total. The average molecular weight is 366 g/mol. The molecule has 2 bridgehead atoms. The summed E-state index contributed by atoms with van der Waals surface area (Å²) in [4.78, 5) is 26.1. The van der Waals surface area contributed by atoms with Crippen LogP contribution in [0.4, 0.5) is 0 Å². The lowest BCUT2D eigenvalue weighted by Gasteiger charge is -2.34. The molecule has 0 radical (unpaired) electrons. The second-order valence-corrected chi connectivity index (χ2v) is 8.45. The molecule has 0 N–H and O–H groups in total. The van der Waals surface area contributed by atoms with Crippen LogP contribution < -0.4 is 0 Å². The summed E-state index contributed by atoms with van der Waals surface area (Å²) in [5.74, 6) is -1.39. The molecule has 4 aliphatic rings. The van der Waals surface area contributed by atoms with Crippen LogP contribution in [0.3, 0.4) is 0 Å². The molecule has 0 amide bonds. The van der Waals surface area contributed by atoms with Gasteiger partial charge in [0.05, 0.1) is 11.8 Å². The molecule has 0 aliphatic heterocycles. The standard InChI is InChI=1S/C23H26O4/c1-22(11-5-3-6-12-22)26-20(24)18-16-9-10-17(15-16)19(18)21(25)27-23(2)13-7-4-8-14-23/h3-11,13,16-19H,12,14-15H2,1-2H3. The van der Waals surface area contributed by atoms with E-state index in [4.69, 9.17) is 9.47 Å². The maximum absolute atomic E-state index is 13.0. The first-order chi connectivity index (χ1) is 12.9. The van der Waals surface area contributed by atoms with Crippen LogP contribution in [-0.4, -0.2) is 23.1 Å². The van der Waals surface area contributed by atoms with Gasteiger partial charge in [-0.25, -0.2) is 0 Å². The molecule has 6 atom stereocenters. The fourth-order valence-corrected chi connectivity index (χ4v) is 4.63. The van der Waals surface area contributed by atoms with Gasteiger partial charge in [0.2, 0.25) is 0 Å². The minimum Gasteiger partial charge on any atom is -0.455 e. The lowest BCUT2D eigenvalue weighted by molar-refractivity contribution is -0.172. The van der Waals surface area contributed by atoms with Crippen molar-refractivity contribution in [2.24, 2.45) is 23.7 Å². The summed E-state index contributed by atoms with van der Waals surface area (Å²) in [6, 6.07) is 0. The molecular weight excluding hydrogens is 340 g/mol. The maximum Gasteiger partial charge on any atom is 0.311 e. The van der Waals surface area contributed by atoms with Gasteiger partial charge in [0.1, 0.15) is 11.2 Å². The van der Waals surface area contributed by atoms with E-state index in [1.807, 2.05) is 62.5 Å². The van der Waals surface area contributed by atoms with Crippen molar-refractivity contribution >= 4 is 11.9 Å². The SMILES string of the molecule is CC1(OC(=O)C2C3C=CC(C3)C2C(=O)OC2(C)C=CC=CC2)C=CC=CC1. The zero-order valence-corrected chi connectivity index (χ0v) is 15.8. The highest BCUT2D eigenvalue weighted by Gasteiger charge is 2.54. The molecule has 142 valence electrons. The molecule has 0 heterocycles. The smallest absolute Gasteiger partial charge is 0.311 e. The summed E-state index contributed by atoms with van der Waals surface area (Å²) in [6.45, 7) is 3.81. The zero-order chi connectivity index (χ0) is 19.1. The molecule has 0 spiro atoms. The molecule has 0 saturated heterocycles. The third-order valence-corrected chi connectivity index (χ3v) is 6.11. The predicted molar refractivity (Wildman–Crippen MR) is 103 cm³/mol. The zero-order valence-electron chi connectivity index (χ0n) is 15.8. The summed E-state index contributed by atoms with van der Waals surface area (Å²) in [7, 11) is 0. The van der Waals surface area contributed by atoms with E-state index in [1.165, 1.54) is 0 Å². The number of ether oxygens (including phenoxy) is 2. The van der Waals surface area contributed by atoms with Gasteiger partial charge >= 0.3 is 11.9 Å². The first-order valence-electron chi connectivity index (χ1n) is 9.72. The summed E-state index contributed by atoms with van der Waals surface area (Å²) in [6.07, 6.45) is 21.7. The van der Waals surface area contributed by atoms with Crippen molar-refractivity contribution in [3.05, 3.63) is 60.8 Å². The molecule has 4 rings (SSSR count). The van der Waals surface area contributed by atoms with E-state index in [2.05, 4.69) is 12.2 Å². The monoisotopic (exact) mass is 366 g/mol. The van der Waals surface area contributed by atoms with Crippen molar-refractivity contribution in [1.29, 1.82) is 0 Å². The Balaban J connectivity index is 1.50. The molecule has 0 aromatic carbocycles. The maximum atomic E-state index is 13.0. The molecule has 6 unspecified atom stereocenters. The molecule has 4 aliphatic carbocycles. The van der Waals surface area contributed by atoms with Gasteiger partial charge in [-0.2, -0.15) is 0 Å². The van der Waals surface area contributed by atoms with Gasteiger partial charge in [-0.1, -0.05) is 48.6 Å². The average Bonchev–Trinajstić information content (AvgIpc) is 3.23. The van der Waals surface area contributed by atoms with Gasteiger partial charge in [0.25, 0.3) is 0 Å². The Morgan fingerprint density at radius 2 is 1.22 bits per heavy atom. The molecule has 0 aromatic heterocycles. The Hall–Kier alpha value is -2.36. The lowest BCUT2D eigenvalue weighted by atomic mass is 9.82. The van der Waals surface area contributed by atoms with Crippen molar-refractivity contribution in [2.75, 3.05) is 0 Å². The Bertz CT molecular complexity index is 722. The highest BCUT2D eigenvalue weighted by atomic mass is 16.6. The second-order valence-electron chi connectivity index (χ2n) is 8.45. The van der Waals surface area contributed by atoms with Gasteiger partial charge in [0, 0.05) is 12.8 Å². The van der Waals surface area contributed by atoms with Crippen LogP contribution in [0.15, 0.2) is 60.8 Å². The first kappa shape index (κ1) is 18.0. The van der Waals surface area contributed by atoms with Gasteiger partial charge in [-0.3, -0.25) is 9.59 Å². The first-order valence-corrected chi connectivity index (χ1v) is 9.72. The summed E-state index contributed by atoms with van der Waals surface area (Å²) in [5, 5.41) is 0. The molecule has 27 heavy (non-hydrogen) atoms. The van der Waals surface area contributed by atoms with Crippen molar-refractivity contribution in [2.45, 2.75) is 44.3 Å². The number of rotatable bonds is 4. The van der Waals surface area contributed by atoms with Crippen LogP contribution in [0.25, 0.3) is 0 Å². The minimum atomic E-state index is -0.644. The number of hydrogen-bond donors (Lipinski definition) is 0. The molecule has 4 heteroatoms. The van der Waals surface area contributed by atoms with Gasteiger partial charge in [0.15, 0.2) is 0 Å². The van der Waals surface area contributed by atoms with Crippen LogP contribution in [0.1, 0.15) is 33.1 Å². The minimum absolute atomic E-state index is 0.0568. The Morgan fingerprint density at radius 3 is 1.59 bits per heavy atom.